The van der Waals surface area contributed by atoms with Gasteiger partial charge in [0.25, 0.3) is 5.89 Å². The quantitative estimate of drug-likeness (QED) is 0.660. The average Bonchev–Trinajstić information content (AvgIpc) is 3.11. The Hall–Kier alpha value is -2.09. The third-order valence-electron chi connectivity index (χ3n) is 2.80. The standard InChI is InChI=1S/C13H11BrFN5O/c14-6-5-11-7-20(19-17-11)8-12-16-13(21-18-12)9-1-3-10(15)4-2-9/h1-4,7H,5-6,8H2. The molecule has 108 valence electrons. The molecule has 0 bridgehead atoms. The molecule has 0 aliphatic carbocycles. The number of hydrogen-bond acceptors (Lipinski definition) is 5. The van der Waals surface area contributed by atoms with Gasteiger partial charge in [-0.25, -0.2) is 9.07 Å². The van der Waals surface area contributed by atoms with Crippen molar-refractivity contribution in [3.8, 4) is 11.5 Å². The Bertz CT molecular complexity index is 724. The molecule has 0 aliphatic rings. The van der Waals surface area contributed by atoms with Crippen LogP contribution in [0.2, 0.25) is 0 Å². The topological polar surface area (TPSA) is 69.6 Å². The predicted octanol–water partition coefficient (Wildman–Crippen LogP) is 2.45. The van der Waals surface area contributed by atoms with Crippen LogP contribution < -0.4 is 0 Å². The third kappa shape index (κ3) is 3.33. The van der Waals surface area contributed by atoms with Gasteiger partial charge in [0.05, 0.1) is 5.69 Å². The van der Waals surface area contributed by atoms with Crippen LogP contribution in [-0.2, 0) is 13.0 Å². The van der Waals surface area contributed by atoms with Crippen molar-refractivity contribution in [3.63, 3.8) is 0 Å². The van der Waals surface area contributed by atoms with Crippen LogP contribution in [0.3, 0.4) is 0 Å². The first-order valence-electron chi connectivity index (χ1n) is 6.28. The van der Waals surface area contributed by atoms with Crippen LogP contribution in [0.25, 0.3) is 11.5 Å². The zero-order valence-electron chi connectivity index (χ0n) is 10.9. The summed E-state index contributed by atoms with van der Waals surface area (Å²) in [5.41, 5.74) is 1.57. The molecule has 0 fully saturated rings. The lowest BCUT2D eigenvalue weighted by Gasteiger charge is -1.93. The number of aryl methyl sites for hydroxylation is 1. The number of hydrogen-bond donors (Lipinski definition) is 0. The normalized spacial score (nSPS) is 11.0. The van der Waals surface area contributed by atoms with Gasteiger partial charge in [-0.2, -0.15) is 4.98 Å². The molecule has 0 saturated carbocycles. The largest absolute Gasteiger partial charge is 0.334 e. The Labute approximate surface area is 128 Å². The molecule has 1 aromatic carbocycles. The van der Waals surface area contributed by atoms with Crippen LogP contribution in [0.4, 0.5) is 4.39 Å². The van der Waals surface area contributed by atoms with Gasteiger partial charge in [0.2, 0.25) is 0 Å². The molecule has 6 nitrogen and oxygen atoms in total. The Balaban J connectivity index is 1.73. The van der Waals surface area contributed by atoms with Gasteiger partial charge in [-0.15, -0.1) is 5.10 Å². The van der Waals surface area contributed by atoms with Gasteiger partial charge in [0.1, 0.15) is 12.4 Å². The van der Waals surface area contributed by atoms with Crippen LogP contribution in [0.5, 0.6) is 0 Å². The summed E-state index contributed by atoms with van der Waals surface area (Å²) in [6, 6.07) is 5.89. The Morgan fingerprint density at radius 3 is 2.81 bits per heavy atom. The predicted molar refractivity (Wildman–Crippen MR) is 76.3 cm³/mol. The molecule has 0 aliphatic heterocycles. The Morgan fingerprint density at radius 1 is 1.24 bits per heavy atom. The molecule has 3 rings (SSSR count). The number of aromatic nitrogens is 5. The summed E-state index contributed by atoms with van der Waals surface area (Å²) in [5.74, 6) is 0.538. The zero-order chi connectivity index (χ0) is 14.7. The lowest BCUT2D eigenvalue weighted by molar-refractivity contribution is 0.418. The molecular formula is C13H11BrFN5O. The second-order valence-electron chi connectivity index (χ2n) is 4.37. The lowest BCUT2D eigenvalue weighted by atomic mass is 10.2. The molecular weight excluding hydrogens is 341 g/mol. The van der Waals surface area contributed by atoms with Gasteiger partial charge in [0, 0.05) is 23.5 Å². The van der Waals surface area contributed by atoms with E-state index in [1.165, 1.54) is 12.1 Å². The van der Waals surface area contributed by atoms with Crippen LogP contribution in [0, 0.1) is 5.82 Å². The average molecular weight is 352 g/mol. The van der Waals surface area contributed by atoms with Gasteiger partial charge in [0.15, 0.2) is 5.82 Å². The van der Waals surface area contributed by atoms with Crippen molar-refractivity contribution < 1.29 is 8.91 Å². The first kappa shape index (κ1) is 13.9. The van der Waals surface area contributed by atoms with Crippen molar-refractivity contribution in [2.45, 2.75) is 13.0 Å². The van der Waals surface area contributed by atoms with Gasteiger partial charge in [-0.3, -0.25) is 0 Å². The van der Waals surface area contributed by atoms with E-state index >= 15 is 0 Å². The summed E-state index contributed by atoms with van der Waals surface area (Å²) in [6.07, 6.45) is 2.66. The fraction of sp³-hybridized carbons (Fsp3) is 0.231. The number of nitrogens with zero attached hydrogens (tertiary/aromatic N) is 5. The highest BCUT2D eigenvalue weighted by molar-refractivity contribution is 9.09. The molecule has 0 unspecified atom stereocenters. The van der Waals surface area contributed by atoms with E-state index < -0.39 is 0 Å². The van der Waals surface area contributed by atoms with Gasteiger partial charge < -0.3 is 4.52 Å². The van der Waals surface area contributed by atoms with E-state index in [4.69, 9.17) is 4.52 Å². The highest BCUT2D eigenvalue weighted by atomic mass is 79.9. The molecule has 3 aromatic rings. The molecule has 0 spiro atoms. The van der Waals surface area contributed by atoms with Crippen molar-refractivity contribution in [2.75, 3.05) is 5.33 Å². The van der Waals surface area contributed by atoms with Gasteiger partial charge in [-0.05, 0) is 24.3 Å². The summed E-state index contributed by atoms with van der Waals surface area (Å²) in [4.78, 5) is 4.26. The maximum atomic E-state index is 12.9. The van der Waals surface area contributed by atoms with Crippen LogP contribution in [0.1, 0.15) is 11.5 Å². The maximum Gasteiger partial charge on any atom is 0.257 e. The smallest absolute Gasteiger partial charge is 0.257 e. The molecule has 2 aromatic heterocycles. The molecule has 0 N–H and O–H groups in total. The Kier molecular flexibility index (Phi) is 4.05. The summed E-state index contributed by atoms with van der Waals surface area (Å²) >= 11 is 3.35. The van der Waals surface area contributed by atoms with Crippen molar-refractivity contribution in [1.29, 1.82) is 0 Å². The van der Waals surface area contributed by atoms with Crippen molar-refractivity contribution in [2.24, 2.45) is 0 Å². The number of alkyl halides is 1. The molecule has 2 heterocycles. The van der Waals surface area contributed by atoms with E-state index in [-0.39, 0.29) is 5.82 Å². The SMILES string of the molecule is Fc1ccc(-c2nc(Cn3cc(CCBr)nn3)no2)cc1. The lowest BCUT2D eigenvalue weighted by Crippen LogP contribution is -2.02. The van der Waals surface area contributed by atoms with Crippen LogP contribution in [-0.4, -0.2) is 30.5 Å². The van der Waals surface area contributed by atoms with Crippen LogP contribution >= 0.6 is 15.9 Å². The minimum atomic E-state index is -0.305. The fourth-order valence-corrected chi connectivity index (χ4v) is 2.21. The monoisotopic (exact) mass is 351 g/mol. The van der Waals surface area contributed by atoms with E-state index in [9.17, 15) is 4.39 Å². The second kappa shape index (κ2) is 6.13. The summed E-state index contributed by atoms with van der Waals surface area (Å²) in [7, 11) is 0. The van der Waals surface area contributed by atoms with E-state index in [1.807, 2.05) is 6.20 Å². The third-order valence-corrected chi connectivity index (χ3v) is 3.20. The van der Waals surface area contributed by atoms with E-state index in [2.05, 4.69) is 36.4 Å². The van der Waals surface area contributed by atoms with E-state index in [1.54, 1.807) is 16.8 Å². The highest BCUT2D eigenvalue weighted by Crippen LogP contribution is 2.17. The maximum absolute atomic E-state index is 12.9. The first-order valence-corrected chi connectivity index (χ1v) is 7.40. The van der Waals surface area contributed by atoms with Gasteiger partial charge in [-0.1, -0.05) is 26.3 Å². The zero-order valence-corrected chi connectivity index (χ0v) is 12.5. The molecule has 8 heteroatoms. The van der Waals surface area contributed by atoms with E-state index in [0.29, 0.717) is 23.8 Å². The molecule has 0 amide bonds. The molecule has 21 heavy (non-hydrogen) atoms. The highest BCUT2D eigenvalue weighted by Gasteiger charge is 2.10. The minimum Gasteiger partial charge on any atom is -0.334 e. The first-order chi connectivity index (χ1) is 10.2. The molecule has 0 saturated heterocycles. The van der Waals surface area contributed by atoms with E-state index in [0.717, 1.165) is 17.4 Å². The number of rotatable bonds is 5. The van der Waals surface area contributed by atoms with Crippen molar-refractivity contribution in [3.05, 3.63) is 47.8 Å². The number of halogens is 2. The Morgan fingerprint density at radius 2 is 2.05 bits per heavy atom. The summed E-state index contributed by atoms with van der Waals surface area (Å²) in [5, 5.41) is 12.8. The summed E-state index contributed by atoms with van der Waals surface area (Å²) < 4.78 is 19.7. The van der Waals surface area contributed by atoms with Crippen molar-refractivity contribution in [1.82, 2.24) is 25.1 Å². The number of benzene rings is 1. The van der Waals surface area contributed by atoms with Gasteiger partial charge >= 0.3 is 0 Å². The fourth-order valence-electron chi connectivity index (χ4n) is 1.80. The molecule has 0 radical (unpaired) electrons. The van der Waals surface area contributed by atoms with Crippen LogP contribution in [0.15, 0.2) is 35.0 Å². The summed E-state index contributed by atoms with van der Waals surface area (Å²) in [6.45, 7) is 0.375. The van der Waals surface area contributed by atoms with Crippen molar-refractivity contribution >= 4 is 15.9 Å². The minimum absolute atomic E-state index is 0.305. The molecule has 0 atom stereocenters. The second-order valence-corrected chi connectivity index (χ2v) is 5.16.